The number of carbonyl (C=O) groups is 1. The largest absolute Gasteiger partial charge is 0.349 e. The third kappa shape index (κ3) is 7.06. The first-order valence-corrected chi connectivity index (χ1v) is 14.1. The molecule has 4 nitrogen and oxygen atoms in total. The van der Waals surface area contributed by atoms with E-state index in [4.69, 9.17) is 0 Å². The van der Waals surface area contributed by atoms with E-state index in [1.54, 1.807) is 13.8 Å². The van der Waals surface area contributed by atoms with E-state index in [0.29, 0.717) is 23.6 Å². The topological polar surface area (TPSA) is 63.2 Å². The van der Waals surface area contributed by atoms with E-state index < -0.39 is 9.84 Å². The second kappa shape index (κ2) is 11.0. The molecule has 2 aliphatic carbocycles. The van der Waals surface area contributed by atoms with Gasteiger partial charge in [-0.15, -0.1) is 0 Å². The first-order valence-electron chi connectivity index (χ1n) is 12.4. The summed E-state index contributed by atoms with van der Waals surface area (Å²) < 4.78 is 24.4. The minimum atomic E-state index is -2.93. The highest BCUT2D eigenvalue weighted by atomic mass is 32.2. The van der Waals surface area contributed by atoms with Crippen LogP contribution in [0.4, 0.5) is 0 Å². The van der Waals surface area contributed by atoms with Gasteiger partial charge in [-0.3, -0.25) is 4.79 Å². The average Bonchev–Trinajstić information content (AvgIpc) is 2.74. The summed E-state index contributed by atoms with van der Waals surface area (Å²) in [4.78, 5) is 12.6. The summed E-state index contributed by atoms with van der Waals surface area (Å²) in [6, 6.07) is 6.49. The van der Waals surface area contributed by atoms with Gasteiger partial charge < -0.3 is 5.32 Å². The number of benzene rings is 1. The molecule has 31 heavy (non-hydrogen) atoms. The predicted octanol–water partition coefficient (Wildman–Crippen LogP) is 5.62. The third-order valence-electron chi connectivity index (χ3n) is 7.52. The van der Waals surface area contributed by atoms with Crippen molar-refractivity contribution in [1.82, 2.24) is 5.32 Å². The summed E-state index contributed by atoms with van der Waals surface area (Å²) in [6.45, 7) is 5.68. The van der Waals surface area contributed by atoms with Crippen LogP contribution in [0.15, 0.2) is 18.2 Å². The van der Waals surface area contributed by atoms with Crippen molar-refractivity contribution in [3.8, 4) is 0 Å². The van der Waals surface area contributed by atoms with Gasteiger partial charge in [0.1, 0.15) is 0 Å². The molecule has 174 valence electrons. The molecule has 2 saturated carbocycles. The molecule has 0 bridgehead atoms. The maximum atomic E-state index is 12.6. The van der Waals surface area contributed by atoms with Crippen molar-refractivity contribution in [1.29, 1.82) is 0 Å². The van der Waals surface area contributed by atoms with Gasteiger partial charge in [-0.2, -0.15) is 0 Å². The van der Waals surface area contributed by atoms with Crippen molar-refractivity contribution in [2.75, 3.05) is 5.75 Å². The van der Waals surface area contributed by atoms with Crippen molar-refractivity contribution in [3.63, 3.8) is 0 Å². The van der Waals surface area contributed by atoms with Crippen molar-refractivity contribution in [2.24, 2.45) is 11.8 Å². The molecule has 0 radical (unpaired) electrons. The molecule has 0 aromatic heterocycles. The van der Waals surface area contributed by atoms with Crippen LogP contribution >= 0.6 is 0 Å². The minimum Gasteiger partial charge on any atom is -0.349 e. The zero-order valence-electron chi connectivity index (χ0n) is 19.7. The number of amides is 1. The molecule has 1 aromatic carbocycles. The first kappa shape index (κ1) is 24.3. The number of rotatable bonds is 8. The number of nitrogens with one attached hydrogen (secondary N) is 1. The number of aryl methyl sites for hydroxylation is 2. The lowest BCUT2D eigenvalue weighted by Crippen LogP contribution is -2.36. The Morgan fingerprint density at radius 3 is 2.26 bits per heavy atom. The van der Waals surface area contributed by atoms with Crippen LogP contribution in [0.1, 0.15) is 99.5 Å². The third-order valence-corrected chi connectivity index (χ3v) is 9.89. The maximum Gasteiger partial charge on any atom is 0.251 e. The molecule has 1 aromatic rings. The Labute approximate surface area is 189 Å². The van der Waals surface area contributed by atoms with E-state index in [1.165, 1.54) is 30.4 Å². The molecule has 0 spiro atoms. The molecule has 1 amide bonds. The first-order chi connectivity index (χ1) is 14.7. The summed E-state index contributed by atoms with van der Waals surface area (Å²) in [7, 11) is -2.93. The molecule has 5 heteroatoms. The predicted molar refractivity (Wildman–Crippen MR) is 128 cm³/mol. The van der Waals surface area contributed by atoms with Gasteiger partial charge in [-0.05, 0) is 94.4 Å². The Morgan fingerprint density at radius 2 is 1.65 bits per heavy atom. The highest BCUT2D eigenvalue weighted by Crippen LogP contribution is 2.33. The molecule has 0 atom stereocenters. The molecule has 0 heterocycles. The summed E-state index contributed by atoms with van der Waals surface area (Å²) in [5.74, 6) is 1.45. The van der Waals surface area contributed by atoms with Gasteiger partial charge in [0, 0.05) is 11.6 Å². The smallest absolute Gasteiger partial charge is 0.251 e. The zero-order valence-corrected chi connectivity index (χ0v) is 20.5. The molecule has 3 rings (SSSR count). The number of sulfone groups is 1. The van der Waals surface area contributed by atoms with E-state index in [1.807, 2.05) is 12.1 Å². The quantitative estimate of drug-likeness (QED) is 0.562. The maximum absolute atomic E-state index is 12.6. The van der Waals surface area contributed by atoms with Crippen LogP contribution in [0.3, 0.4) is 0 Å². The Bertz CT molecular complexity index is 832. The monoisotopic (exact) mass is 447 g/mol. The van der Waals surface area contributed by atoms with Crippen molar-refractivity contribution in [3.05, 3.63) is 34.9 Å². The molecule has 0 aliphatic heterocycles. The van der Waals surface area contributed by atoms with E-state index in [-0.39, 0.29) is 11.2 Å². The lowest BCUT2D eigenvalue weighted by molar-refractivity contribution is 0.0927. The van der Waals surface area contributed by atoms with Crippen molar-refractivity contribution < 1.29 is 13.2 Å². The Morgan fingerprint density at radius 1 is 1.00 bits per heavy atom. The minimum absolute atomic E-state index is 0.0659. The molecular weight excluding hydrogens is 406 g/mol. The van der Waals surface area contributed by atoms with Crippen LogP contribution in [0.5, 0.6) is 0 Å². The number of hydrogen-bond donors (Lipinski definition) is 1. The van der Waals surface area contributed by atoms with Gasteiger partial charge in [0.05, 0.1) is 11.0 Å². The van der Waals surface area contributed by atoms with Gasteiger partial charge in [-0.1, -0.05) is 38.2 Å². The fourth-order valence-corrected chi connectivity index (χ4v) is 6.58. The van der Waals surface area contributed by atoms with E-state index in [0.717, 1.165) is 56.9 Å². The van der Waals surface area contributed by atoms with Crippen LogP contribution in [0, 0.1) is 18.8 Å². The average molecular weight is 448 g/mol. The molecule has 2 aliphatic rings. The van der Waals surface area contributed by atoms with Crippen molar-refractivity contribution in [2.45, 2.75) is 103 Å². The van der Waals surface area contributed by atoms with Crippen LogP contribution < -0.4 is 5.32 Å². The second-order valence-corrected chi connectivity index (χ2v) is 12.9. The molecule has 2 fully saturated rings. The van der Waals surface area contributed by atoms with Gasteiger partial charge in [-0.25, -0.2) is 8.42 Å². The lowest BCUT2D eigenvalue weighted by atomic mass is 9.80. The molecule has 0 saturated heterocycles. The number of carbonyl (C=O) groups excluding carboxylic acids is 1. The van der Waals surface area contributed by atoms with Crippen LogP contribution in [0.25, 0.3) is 0 Å². The Balaban J connectivity index is 1.45. The van der Waals surface area contributed by atoms with Gasteiger partial charge >= 0.3 is 0 Å². The molecule has 1 N–H and O–H groups in total. The fourth-order valence-electron chi connectivity index (χ4n) is 5.20. The summed E-state index contributed by atoms with van der Waals surface area (Å²) >= 11 is 0. The summed E-state index contributed by atoms with van der Waals surface area (Å²) in [5, 5.41) is 2.95. The van der Waals surface area contributed by atoms with Crippen molar-refractivity contribution >= 4 is 15.7 Å². The van der Waals surface area contributed by atoms with E-state index in [9.17, 15) is 13.2 Å². The van der Waals surface area contributed by atoms with Gasteiger partial charge in [0.15, 0.2) is 9.84 Å². The Hall–Kier alpha value is -1.36. The highest BCUT2D eigenvalue weighted by molar-refractivity contribution is 7.91. The van der Waals surface area contributed by atoms with E-state index >= 15 is 0 Å². The fraction of sp³-hybridized carbons (Fsp3) is 0.731. The van der Waals surface area contributed by atoms with Crippen LogP contribution in [-0.2, 0) is 16.3 Å². The lowest BCUT2D eigenvalue weighted by Gasteiger charge is -2.29. The second-order valence-electron chi connectivity index (χ2n) is 10.3. The molecular formula is C26H41NO3S. The van der Waals surface area contributed by atoms with Crippen LogP contribution in [-0.4, -0.2) is 31.4 Å². The van der Waals surface area contributed by atoms with Gasteiger partial charge in [0.2, 0.25) is 0 Å². The zero-order chi connectivity index (χ0) is 22.4. The van der Waals surface area contributed by atoms with Crippen LogP contribution in [0.2, 0.25) is 0 Å². The normalized spacial score (nSPS) is 23.1. The standard InChI is InChI=1S/C26H41NO3S/c1-19(2)31(29,30)18-22-11-9-21(10-12-22)13-14-23-15-16-24(17-20(23)3)26(28)27-25-7-5-4-6-8-25/h15-17,19,21-22,25H,4-14,18H2,1-3H3,(H,27,28). The number of hydrogen-bond acceptors (Lipinski definition) is 3. The summed E-state index contributed by atoms with van der Waals surface area (Å²) in [6.07, 6.45) is 12.5. The highest BCUT2D eigenvalue weighted by Gasteiger charge is 2.27. The van der Waals surface area contributed by atoms with Gasteiger partial charge in [0.25, 0.3) is 5.91 Å². The Kier molecular flexibility index (Phi) is 8.60. The SMILES string of the molecule is Cc1cc(C(=O)NC2CCCCC2)ccc1CCC1CCC(CS(=O)(=O)C(C)C)CC1. The molecule has 0 unspecified atom stereocenters. The van der Waals surface area contributed by atoms with E-state index in [2.05, 4.69) is 18.3 Å². The summed E-state index contributed by atoms with van der Waals surface area (Å²) in [5.41, 5.74) is 3.31.